The number of nitrogens with one attached hydrogen (secondary N) is 1. The van der Waals surface area contributed by atoms with Gasteiger partial charge in [-0.3, -0.25) is 0 Å². The number of nitrogens with zero attached hydrogens (tertiary/aromatic N) is 2. The maximum atomic E-state index is 5.90. The molecule has 1 aromatic carbocycles. The average molecular weight is 363 g/mol. The maximum Gasteiger partial charge on any atom is 0.227 e. The molecule has 1 heterocycles. The zero-order chi connectivity index (χ0) is 11.5. The first-order chi connectivity index (χ1) is 7.65. The highest BCUT2D eigenvalue weighted by atomic mass is 79.9. The molecule has 0 atom stereocenters. The molecule has 0 unspecified atom stereocenters. The summed E-state index contributed by atoms with van der Waals surface area (Å²) in [6, 6.07) is 5.47. The van der Waals surface area contributed by atoms with Crippen LogP contribution in [-0.4, -0.2) is 9.97 Å². The van der Waals surface area contributed by atoms with Gasteiger partial charge in [-0.05, 0) is 50.1 Å². The van der Waals surface area contributed by atoms with Crippen molar-refractivity contribution in [2.75, 3.05) is 5.32 Å². The van der Waals surface area contributed by atoms with E-state index in [4.69, 9.17) is 11.6 Å². The van der Waals surface area contributed by atoms with Crippen molar-refractivity contribution in [1.29, 1.82) is 0 Å². The Morgan fingerprint density at radius 1 is 1.12 bits per heavy atom. The second-order valence-corrected chi connectivity index (χ2v) is 5.18. The SMILES string of the molecule is Clc1ccc(Br)c(Nc2ncc(Br)cn2)c1. The van der Waals surface area contributed by atoms with Crippen molar-refractivity contribution in [3.05, 3.63) is 44.6 Å². The molecule has 0 fully saturated rings. The van der Waals surface area contributed by atoms with Crippen molar-refractivity contribution in [1.82, 2.24) is 9.97 Å². The van der Waals surface area contributed by atoms with E-state index in [9.17, 15) is 0 Å². The van der Waals surface area contributed by atoms with Gasteiger partial charge < -0.3 is 5.32 Å². The number of rotatable bonds is 2. The topological polar surface area (TPSA) is 37.8 Å². The van der Waals surface area contributed by atoms with Gasteiger partial charge in [-0.15, -0.1) is 0 Å². The largest absolute Gasteiger partial charge is 0.323 e. The van der Waals surface area contributed by atoms with E-state index in [0.717, 1.165) is 14.6 Å². The van der Waals surface area contributed by atoms with Gasteiger partial charge in [0, 0.05) is 21.9 Å². The van der Waals surface area contributed by atoms with Crippen LogP contribution >= 0.6 is 43.5 Å². The molecule has 2 aromatic rings. The molecule has 0 aliphatic rings. The summed E-state index contributed by atoms with van der Waals surface area (Å²) < 4.78 is 1.74. The molecule has 0 aliphatic carbocycles. The quantitative estimate of drug-likeness (QED) is 0.859. The van der Waals surface area contributed by atoms with E-state index in [1.54, 1.807) is 24.5 Å². The highest BCUT2D eigenvalue weighted by molar-refractivity contribution is 9.10. The van der Waals surface area contributed by atoms with Gasteiger partial charge in [0.2, 0.25) is 5.95 Å². The van der Waals surface area contributed by atoms with E-state index in [2.05, 4.69) is 47.1 Å². The molecule has 1 aromatic heterocycles. The third-order valence-electron chi connectivity index (χ3n) is 1.80. The van der Waals surface area contributed by atoms with Gasteiger partial charge >= 0.3 is 0 Å². The Hall–Kier alpha value is -0.650. The second-order valence-electron chi connectivity index (χ2n) is 2.97. The number of anilines is 2. The number of hydrogen-bond acceptors (Lipinski definition) is 3. The summed E-state index contributed by atoms with van der Waals surface area (Å²) in [7, 11) is 0. The van der Waals surface area contributed by atoms with Gasteiger partial charge in [-0.1, -0.05) is 11.6 Å². The van der Waals surface area contributed by atoms with Crippen LogP contribution in [-0.2, 0) is 0 Å². The van der Waals surface area contributed by atoms with Crippen molar-refractivity contribution in [2.45, 2.75) is 0 Å². The first-order valence-corrected chi connectivity index (χ1v) is 6.31. The molecule has 1 N–H and O–H groups in total. The third-order valence-corrected chi connectivity index (χ3v) is 3.13. The smallest absolute Gasteiger partial charge is 0.227 e. The summed E-state index contributed by atoms with van der Waals surface area (Å²) in [5.41, 5.74) is 0.829. The standard InChI is InChI=1S/C10H6Br2ClN3/c11-6-4-14-10(15-5-6)16-9-3-7(13)1-2-8(9)12/h1-5H,(H,14,15,16). The third kappa shape index (κ3) is 2.93. The second kappa shape index (κ2) is 5.12. The van der Waals surface area contributed by atoms with E-state index in [-0.39, 0.29) is 0 Å². The lowest BCUT2D eigenvalue weighted by Gasteiger charge is -2.06. The fourth-order valence-electron chi connectivity index (χ4n) is 1.09. The lowest BCUT2D eigenvalue weighted by atomic mass is 10.3. The molecule has 0 spiro atoms. The van der Waals surface area contributed by atoms with E-state index in [0.29, 0.717) is 11.0 Å². The lowest BCUT2D eigenvalue weighted by Crippen LogP contribution is -1.96. The molecule has 3 nitrogen and oxygen atoms in total. The minimum atomic E-state index is 0.520. The Labute approximate surface area is 115 Å². The van der Waals surface area contributed by atoms with Crippen molar-refractivity contribution < 1.29 is 0 Å². The Bertz CT molecular complexity index is 502. The molecule has 0 aliphatic heterocycles. The van der Waals surface area contributed by atoms with Crippen molar-refractivity contribution in [3.8, 4) is 0 Å². The molecule has 6 heteroatoms. The predicted molar refractivity (Wildman–Crippen MR) is 72.2 cm³/mol. The van der Waals surface area contributed by atoms with Gasteiger partial charge in [0.05, 0.1) is 10.2 Å². The molecule has 0 radical (unpaired) electrons. The van der Waals surface area contributed by atoms with Crippen molar-refractivity contribution in [3.63, 3.8) is 0 Å². The van der Waals surface area contributed by atoms with E-state index in [1.165, 1.54) is 0 Å². The Balaban J connectivity index is 2.26. The normalized spacial score (nSPS) is 10.2. The molecular formula is C10H6Br2ClN3. The molecule has 0 bridgehead atoms. The van der Waals surface area contributed by atoms with Crippen LogP contribution in [0.5, 0.6) is 0 Å². The summed E-state index contributed by atoms with van der Waals surface area (Å²) in [6.07, 6.45) is 3.35. The average Bonchev–Trinajstić information content (AvgIpc) is 2.27. The Kier molecular flexibility index (Phi) is 3.78. The van der Waals surface area contributed by atoms with Crippen LogP contribution in [0.25, 0.3) is 0 Å². The molecular weight excluding hydrogens is 357 g/mol. The number of benzene rings is 1. The Morgan fingerprint density at radius 2 is 1.81 bits per heavy atom. The maximum absolute atomic E-state index is 5.90. The Morgan fingerprint density at radius 3 is 2.50 bits per heavy atom. The number of halogens is 3. The van der Waals surface area contributed by atoms with Crippen LogP contribution in [0, 0.1) is 0 Å². The highest BCUT2D eigenvalue weighted by Gasteiger charge is 2.02. The summed E-state index contributed by atoms with van der Waals surface area (Å²) in [5.74, 6) is 0.520. The predicted octanol–water partition coefficient (Wildman–Crippen LogP) is 4.40. The number of hydrogen-bond donors (Lipinski definition) is 1. The monoisotopic (exact) mass is 361 g/mol. The van der Waals surface area contributed by atoms with Crippen LogP contribution in [0.3, 0.4) is 0 Å². The van der Waals surface area contributed by atoms with Crippen LogP contribution in [0.4, 0.5) is 11.6 Å². The van der Waals surface area contributed by atoms with Gasteiger partial charge in [0.1, 0.15) is 0 Å². The summed E-state index contributed by atoms with van der Waals surface area (Å²) >= 11 is 12.6. The van der Waals surface area contributed by atoms with E-state index in [1.807, 2.05) is 6.07 Å². The fraction of sp³-hybridized carbons (Fsp3) is 0. The molecule has 16 heavy (non-hydrogen) atoms. The number of aromatic nitrogens is 2. The fourth-order valence-corrected chi connectivity index (χ4v) is 1.81. The minimum absolute atomic E-state index is 0.520. The van der Waals surface area contributed by atoms with Gasteiger partial charge in [0.15, 0.2) is 0 Å². The summed E-state index contributed by atoms with van der Waals surface area (Å²) in [5, 5.41) is 3.72. The minimum Gasteiger partial charge on any atom is -0.323 e. The first kappa shape index (κ1) is 11.8. The van der Waals surface area contributed by atoms with Crippen molar-refractivity contribution in [2.24, 2.45) is 0 Å². The zero-order valence-electron chi connectivity index (χ0n) is 7.92. The van der Waals surface area contributed by atoms with Crippen LogP contribution < -0.4 is 5.32 Å². The molecule has 2 rings (SSSR count). The van der Waals surface area contributed by atoms with Crippen LogP contribution in [0.1, 0.15) is 0 Å². The van der Waals surface area contributed by atoms with Gasteiger partial charge in [-0.25, -0.2) is 9.97 Å². The summed E-state index contributed by atoms with van der Waals surface area (Å²) in [4.78, 5) is 8.22. The van der Waals surface area contributed by atoms with Gasteiger partial charge in [-0.2, -0.15) is 0 Å². The molecule has 0 saturated heterocycles. The van der Waals surface area contributed by atoms with Crippen LogP contribution in [0.15, 0.2) is 39.5 Å². The summed E-state index contributed by atoms with van der Waals surface area (Å²) in [6.45, 7) is 0. The molecule has 0 saturated carbocycles. The lowest BCUT2D eigenvalue weighted by molar-refractivity contribution is 1.15. The molecule has 82 valence electrons. The first-order valence-electron chi connectivity index (χ1n) is 4.35. The van der Waals surface area contributed by atoms with E-state index >= 15 is 0 Å². The zero-order valence-corrected chi connectivity index (χ0v) is 11.8. The molecule has 0 amide bonds. The van der Waals surface area contributed by atoms with Crippen LogP contribution in [0.2, 0.25) is 5.02 Å². The van der Waals surface area contributed by atoms with Crippen molar-refractivity contribution >= 4 is 55.1 Å². The van der Waals surface area contributed by atoms with E-state index < -0.39 is 0 Å². The highest BCUT2D eigenvalue weighted by Crippen LogP contribution is 2.27. The van der Waals surface area contributed by atoms with Gasteiger partial charge in [0.25, 0.3) is 0 Å².